The second kappa shape index (κ2) is 8.03. The first-order chi connectivity index (χ1) is 10.7. The molecule has 0 aromatic heterocycles. The summed E-state index contributed by atoms with van der Waals surface area (Å²) in [5.74, 6) is -2.09. The van der Waals surface area contributed by atoms with Crippen molar-refractivity contribution in [1.82, 2.24) is 0 Å². The molecule has 0 aliphatic carbocycles. The highest BCUT2D eigenvalue weighted by Crippen LogP contribution is 2.45. The number of carbonyl (C=O) groups excluding carboxylic acids is 3. The van der Waals surface area contributed by atoms with Crippen molar-refractivity contribution in [3.05, 3.63) is 21.7 Å². The Morgan fingerprint density at radius 2 is 1.48 bits per heavy atom. The van der Waals surface area contributed by atoms with E-state index in [-0.39, 0.29) is 27.1 Å². The predicted octanol–water partition coefficient (Wildman–Crippen LogP) is 3.05. The van der Waals surface area contributed by atoms with Crippen LogP contribution >= 0.6 is 23.2 Å². The zero-order valence-corrected chi connectivity index (χ0v) is 14.3. The van der Waals surface area contributed by atoms with Crippen LogP contribution in [-0.4, -0.2) is 25.0 Å². The van der Waals surface area contributed by atoms with Gasteiger partial charge < -0.3 is 18.9 Å². The quantitative estimate of drug-likeness (QED) is 0.450. The van der Waals surface area contributed by atoms with Crippen LogP contribution in [0.4, 0.5) is 0 Å². The average molecular weight is 365 g/mol. The average Bonchev–Trinajstić information content (AvgIpc) is 2.42. The van der Waals surface area contributed by atoms with Gasteiger partial charge in [-0.15, -0.1) is 0 Å². The molecule has 0 unspecified atom stereocenters. The van der Waals surface area contributed by atoms with Gasteiger partial charge in [-0.25, -0.2) is 0 Å². The third-order valence-electron chi connectivity index (χ3n) is 2.42. The number of esters is 3. The summed E-state index contributed by atoms with van der Waals surface area (Å²) in [6, 6.07) is 1.29. The number of hydrogen-bond acceptors (Lipinski definition) is 7. The molecule has 0 saturated heterocycles. The number of benzene rings is 1. The Morgan fingerprint density at radius 3 is 1.87 bits per heavy atom. The van der Waals surface area contributed by atoms with Crippen LogP contribution in [0.1, 0.15) is 32.6 Å². The summed E-state index contributed by atoms with van der Waals surface area (Å²) in [5.41, 5.74) is 0.0646. The molecule has 0 atom stereocenters. The summed E-state index contributed by atoms with van der Waals surface area (Å²) in [5, 5.41) is -0.267. The van der Waals surface area contributed by atoms with Gasteiger partial charge in [0, 0.05) is 20.8 Å². The van der Waals surface area contributed by atoms with Gasteiger partial charge in [0.1, 0.15) is 5.02 Å². The minimum atomic E-state index is -1.42. The fourth-order valence-corrected chi connectivity index (χ4v) is 2.09. The summed E-state index contributed by atoms with van der Waals surface area (Å²) in [6.07, 6.45) is -1.42. The van der Waals surface area contributed by atoms with Gasteiger partial charge in [0.25, 0.3) is 6.29 Å². The highest BCUT2D eigenvalue weighted by Gasteiger charge is 2.27. The normalized spacial score (nSPS) is 10.2. The molecule has 7 nitrogen and oxygen atoms in total. The van der Waals surface area contributed by atoms with Crippen molar-refractivity contribution in [1.29, 1.82) is 0 Å². The monoisotopic (exact) mass is 364 g/mol. The number of rotatable bonds is 5. The van der Waals surface area contributed by atoms with E-state index in [2.05, 4.69) is 0 Å². The largest absolute Gasteiger partial charge is 0.493 e. The maximum Gasteiger partial charge on any atom is 0.308 e. The van der Waals surface area contributed by atoms with Crippen LogP contribution in [0.25, 0.3) is 0 Å². The van der Waals surface area contributed by atoms with Crippen LogP contribution in [0, 0.1) is 0 Å². The molecule has 0 bridgehead atoms. The Morgan fingerprint density at radius 1 is 0.957 bits per heavy atom. The van der Waals surface area contributed by atoms with Crippen molar-refractivity contribution in [3.8, 4) is 11.5 Å². The second-order valence-corrected chi connectivity index (χ2v) is 5.03. The first kappa shape index (κ1) is 19.1. The summed E-state index contributed by atoms with van der Waals surface area (Å²) in [6.45, 7) is 3.45. The van der Waals surface area contributed by atoms with E-state index in [0.29, 0.717) is 0 Å². The highest BCUT2D eigenvalue weighted by atomic mass is 35.5. The zero-order chi connectivity index (χ0) is 17.7. The maximum atomic E-state index is 11.2. The lowest BCUT2D eigenvalue weighted by atomic mass is 10.2. The van der Waals surface area contributed by atoms with Crippen LogP contribution in [-0.2, 0) is 23.9 Å². The van der Waals surface area contributed by atoms with E-state index in [4.69, 9.17) is 42.1 Å². The van der Waals surface area contributed by atoms with Crippen LogP contribution < -0.4 is 9.47 Å². The van der Waals surface area contributed by atoms with Crippen molar-refractivity contribution >= 4 is 41.1 Å². The van der Waals surface area contributed by atoms with Crippen molar-refractivity contribution < 1.29 is 33.3 Å². The van der Waals surface area contributed by atoms with E-state index >= 15 is 0 Å². The molecule has 0 spiro atoms. The Balaban J connectivity index is 3.44. The first-order valence-electron chi connectivity index (χ1n) is 6.26. The van der Waals surface area contributed by atoms with E-state index < -0.39 is 24.2 Å². The Labute approximate surface area is 142 Å². The second-order valence-electron chi connectivity index (χ2n) is 4.27. The fraction of sp³-hybridized carbons (Fsp3) is 0.357. The Bertz CT molecular complexity index is 627. The fourth-order valence-electron chi connectivity index (χ4n) is 1.62. The van der Waals surface area contributed by atoms with Crippen LogP contribution in [0.2, 0.25) is 10.0 Å². The zero-order valence-electron chi connectivity index (χ0n) is 12.8. The lowest BCUT2D eigenvalue weighted by Crippen LogP contribution is -2.16. The summed E-state index contributed by atoms with van der Waals surface area (Å²) >= 11 is 12.2. The van der Waals surface area contributed by atoms with Gasteiger partial charge in [-0.3, -0.25) is 14.4 Å². The highest BCUT2D eigenvalue weighted by molar-refractivity contribution is 6.43. The molecule has 0 radical (unpaired) electrons. The van der Waals surface area contributed by atoms with Crippen molar-refractivity contribution in [2.24, 2.45) is 0 Å². The molecule has 1 rings (SSSR count). The number of carbonyl (C=O) groups is 3. The molecule has 126 valence electrons. The summed E-state index contributed by atoms with van der Waals surface area (Å²) in [7, 11) is 1.31. The number of methoxy groups -OCH3 is 1. The topological polar surface area (TPSA) is 88.1 Å². The summed E-state index contributed by atoms with van der Waals surface area (Å²) in [4.78, 5) is 33.5. The van der Waals surface area contributed by atoms with Crippen LogP contribution in [0.3, 0.4) is 0 Å². The SMILES string of the molecule is COc1cc(C(OC(C)=O)OC(C)=O)c(Cl)c(Cl)c1OC(C)=O. The van der Waals surface area contributed by atoms with Crippen molar-refractivity contribution in [2.45, 2.75) is 27.1 Å². The maximum absolute atomic E-state index is 11.2. The van der Waals surface area contributed by atoms with E-state index in [1.807, 2.05) is 0 Å². The molecule has 1 aromatic carbocycles. The molecule has 0 aliphatic heterocycles. The van der Waals surface area contributed by atoms with E-state index in [1.165, 1.54) is 20.1 Å². The van der Waals surface area contributed by atoms with Gasteiger partial charge >= 0.3 is 17.9 Å². The molecular formula is C14H14Cl2O7. The van der Waals surface area contributed by atoms with Crippen molar-refractivity contribution in [3.63, 3.8) is 0 Å². The molecule has 1 aromatic rings. The molecule has 0 fully saturated rings. The smallest absolute Gasteiger partial charge is 0.308 e. The first-order valence-corrected chi connectivity index (χ1v) is 7.01. The lowest BCUT2D eigenvalue weighted by molar-refractivity contribution is -0.186. The van der Waals surface area contributed by atoms with E-state index in [0.717, 1.165) is 13.8 Å². The van der Waals surface area contributed by atoms with Gasteiger partial charge in [-0.2, -0.15) is 0 Å². The molecule has 0 amide bonds. The summed E-state index contributed by atoms with van der Waals surface area (Å²) < 4.78 is 19.9. The number of hydrogen-bond donors (Lipinski definition) is 0. The molecule has 0 heterocycles. The van der Waals surface area contributed by atoms with Gasteiger partial charge in [-0.05, 0) is 6.07 Å². The Hall–Kier alpha value is -1.99. The number of ether oxygens (including phenoxy) is 4. The standard InChI is InChI=1S/C14H14Cl2O7/c1-6(17)21-13-10(20-4)5-9(11(15)12(13)16)14(22-7(2)18)23-8(3)19/h5,14H,1-4H3. The van der Waals surface area contributed by atoms with Crippen molar-refractivity contribution in [2.75, 3.05) is 7.11 Å². The minimum Gasteiger partial charge on any atom is -0.493 e. The molecule has 0 N–H and O–H groups in total. The third-order valence-corrected chi connectivity index (χ3v) is 3.29. The molecule has 0 aliphatic rings. The molecular weight excluding hydrogens is 351 g/mol. The Kier molecular flexibility index (Phi) is 6.65. The van der Waals surface area contributed by atoms with E-state index in [9.17, 15) is 14.4 Å². The van der Waals surface area contributed by atoms with Gasteiger partial charge in [0.15, 0.2) is 11.5 Å². The van der Waals surface area contributed by atoms with Crippen LogP contribution in [0.5, 0.6) is 11.5 Å². The third kappa shape index (κ3) is 5.01. The van der Waals surface area contributed by atoms with Gasteiger partial charge in [0.2, 0.25) is 0 Å². The molecule has 23 heavy (non-hydrogen) atoms. The molecule has 9 heteroatoms. The molecule has 0 saturated carbocycles. The van der Waals surface area contributed by atoms with Crippen LogP contribution in [0.15, 0.2) is 6.07 Å². The lowest BCUT2D eigenvalue weighted by Gasteiger charge is -2.20. The van der Waals surface area contributed by atoms with Gasteiger partial charge in [0.05, 0.1) is 17.7 Å². The van der Waals surface area contributed by atoms with E-state index in [1.54, 1.807) is 0 Å². The predicted molar refractivity (Wildman–Crippen MR) is 80.6 cm³/mol. The number of halogens is 2. The minimum absolute atomic E-state index is 0.0499. The van der Waals surface area contributed by atoms with Gasteiger partial charge in [-0.1, -0.05) is 23.2 Å².